The van der Waals surface area contributed by atoms with E-state index in [4.69, 9.17) is 9.47 Å². The third-order valence-electron chi connectivity index (χ3n) is 3.82. The van der Waals surface area contributed by atoms with Crippen LogP contribution in [0, 0.1) is 5.92 Å². The number of aromatic nitrogens is 1. The second kappa shape index (κ2) is 13.0. The van der Waals surface area contributed by atoms with E-state index in [0.717, 1.165) is 25.0 Å². The Kier molecular flexibility index (Phi) is 11.5. The van der Waals surface area contributed by atoms with E-state index in [9.17, 15) is 13.2 Å². The zero-order valence-electron chi connectivity index (χ0n) is 15.9. The summed E-state index contributed by atoms with van der Waals surface area (Å²) in [5, 5.41) is 6.12. The Morgan fingerprint density at radius 2 is 2.07 bits per heavy atom. The number of ether oxygens (including phenoxy) is 2. The molecule has 1 aromatic rings. The minimum Gasteiger partial charge on any atom is -0.475 e. The Morgan fingerprint density at radius 3 is 2.75 bits per heavy atom. The molecule has 2 N–H and O–H groups in total. The molecule has 0 atom stereocenters. The van der Waals surface area contributed by atoms with Crippen LogP contribution in [0.3, 0.4) is 0 Å². The van der Waals surface area contributed by atoms with E-state index >= 15 is 0 Å². The average Bonchev–Trinajstić information content (AvgIpc) is 3.45. The van der Waals surface area contributed by atoms with Crippen molar-refractivity contribution in [1.29, 1.82) is 0 Å². The molecule has 28 heavy (non-hydrogen) atoms. The van der Waals surface area contributed by atoms with E-state index < -0.39 is 17.6 Å². The van der Waals surface area contributed by atoms with Crippen LogP contribution in [0.5, 0.6) is 5.88 Å². The molecule has 0 aromatic carbocycles. The molecule has 1 heterocycles. The Morgan fingerprint density at radius 1 is 1.29 bits per heavy atom. The highest BCUT2D eigenvalue weighted by molar-refractivity contribution is 14.0. The van der Waals surface area contributed by atoms with Crippen LogP contribution in [0.15, 0.2) is 23.3 Å². The van der Waals surface area contributed by atoms with E-state index in [-0.39, 0.29) is 30.6 Å². The van der Waals surface area contributed by atoms with Gasteiger partial charge >= 0.3 is 6.18 Å². The molecule has 0 spiro atoms. The molecule has 1 aliphatic rings. The summed E-state index contributed by atoms with van der Waals surface area (Å²) in [5.41, 5.74) is -0.878. The molecule has 2 rings (SSSR count). The topological polar surface area (TPSA) is 67.8 Å². The highest BCUT2D eigenvalue weighted by Crippen LogP contribution is 2.34. The number of nitrogens with zero attached hydrogens (tertiary/aromatic N) is 2. The summed E-state index contributed by atoms with van der Waals surface area (Å²) in [6.07, 6.45) is 0.155. The molecule has 0 saturated heterocycles. The number of guanidine groups is 1. The summed E-state index contributed by atoms with van der Waals surface area (Å²) in [7, 11) is 0. The smallest absolute Gasteiger partial charge is 0.421 e. The first-order chi connectivity index (χ1) is 13.0. The Bertz CT molecular complexity index is 598. The number of nitrogens with one attached hydrogen (secondary N) is 2. The standard InChI is InChI=1S/C18H27F3N4O2.HI/c1-2-22-17(24-9-4-11-26-13-14-6-7-14)25-10-12-27-16-15(18(19,20)21)5-3-8-23-16;/h3,5,8,14H,2,4,6-7,9-13H2,1H3,(H2,22,24,25);1H. The molecule has 6 nitrogen and oxygen atoms in total. The van der Waals surface area contributed by atoms with Crippen molar-refractivity contribution in [2.45, 2.75) is 32.4 Å². The van der Waals surface area contributed by atoms with E-state index in [2.05, 4.69) is 20.6 Å². The van der Waals surface area contributed by atoms with Gasteiger partial charge in [0, 0.05) is 32.5 Å². The van der Waals surface area contributed by atoms with Crippen molar-refractivity contribution < 1.29 is 22.6 Å². The minimum absolute atomic E-state index is 0. The molecule has 1 fully saturated rings. The predicted octanol–water partition coefficient (Wildman–Crippen LogP) is 3.47. The molecular weight excluding hydrogens is 488 g/mol. The van der Waals surface area contributed by atoms with E-state index in [1.165, 1.54) is 25.1 Å². The lowest BCUT2D eigenvalue weighted by Gasteiger charge is -2.14. The van der Waals surface area contributed by atoms with E-state index in [1.807, 2.05) is 6.92 Å². The van der Waals surface area contributed by atoms with Crippen LogP contribution in [0.2, 0.25) is 0 Å². The SMILES string of the molecule is CCNC(=NCCCOCC1CC1)NCCOc1ncccc1C(F)(F)F.I. The van der Waals surface area contributed by atoms with Crippen molar-refractivity contribution in [2.24, 2.45) is 10.9 Å². The molecule has 0 bridgehead atoms. The third kappa shape index (κ3) is 9.76. The van der Waals surface area contributed by atoms with Crippen LogP contribution in [-0.4, -0.2) is 50.4 Å². The monoisotopic (exact) mass is 516 g/mol. The Hall–Kier alpha value is -1.30. The largest absolute Gasteiger partial charge is 0.475 e. The first kappa shape index (κ1) is 24.7. The van der Waals surface area contributed by atoms with Gasteiger partial charge in [0.25, 0.3) is 0 Å². The van der Waals surface area contributed by atoms with Crippen molar-refractivity contribution in [3.05, 3.63) is 23.9 Å². The lowest BCUT2D eigenvalue weighted by atomic mass is 10.2. The third-order valence-corrected chi connectivity index (χ3v) is 3.82. The van der Waals surface area contributed by atoms with Gasteiger partial charge in [-0.25, -0.2) is 4.98 Å². The van der Waals surface area contributed by atoms with Gasteiger partial charge < -0.3 is 20.1 Å². The summed E-state index contributed by atoms with van der Waals surface area (Å²) < 4.78 is 49.4. The average molecular weight is 516 g/mol. The van der Waals surface area contributed by atoms with Gasteiger partial charge in [-0.2, -0.15) is 13.2 Å². The van der Waals surface area contributed by atoms with Crippen LogP contribution < -0.4 is 15.4 Å². The van der Waals surface area contributed by atoms with E-state index in [0.29, 0.717) is 32.2 Å². The maximum Gasteiger partial charge on any atom is 0.421 e. The van der Waals surface area contributed by atoms with Crippen molar-refractivity contribution >= 4 is 29.9 Å². The lowest BCUT2D eigenvalue weighted by Crippen LogP contribution is -2.39. The number of hydrogen-bond acceptors (Lipinski definition) is 4. The fourth-order valence-electron chi connectivity index (χ4n) is 2.27. The number of rotatable bonds is 11. The summed E-state index contributed by atoms with van der Waals surface area (Å²) in [6, 6.07) is 2.19. The predicted molar refractivity (Wildman–Crippen MR) is 112 cm³/mol. The molecule has 0 aliphatic heterocycles. The highest BCUT2D eigenvalue weighted by Gasteiger charge is 2.34. The molecule has 1 saturated carbocycles. The number of alkyl halides is 3. The quantitative estimate of drug-likeness (QED) is 0.204. The molecule has 0 amide bonds. The molecule has 10 heteroatoms. The first-order valence-electron chi connectivity index (χ1n) is 9.25. The van der Waals surface area contributed by atoms with Gasteiger partial charge in [-0.3, -0.25) is 4.99 Å². The highest BCUT2D eigenvalue weighted by atomic mass is 127. The molecule has 1 aromatic heterocycles. The zero-order chi connectivity index (χ0) is 19.5. The summed E-state index contributed by atoms with van der Waals surface area (Å²) in [6.45, 7) is 5.10. The maximum absolute atomic E-state index is 12.9. The molecule has 1 aliphatic carbocycles. The van der Waals surface area contributed by atoms with Crippen LogP contribution in [0.25, 0.3) is 0 Å². The first-order valence-corrected chi connectivity index (χ1v) is 9.25. The summed E-state index contributed by atoms with van der Waals surface area (Å²) in [4.78, 5) is 8.07. The fraction of sp³-hybridized carbons (Fsp3) is 0.667. The van der Waals surface area contributed by atoms with Crippen LogP contribution in [0.4, 0.5) is 13.2 Å². The number of halogens is 4. The van der Waals surface area contributed by atoms with Gasteiger partial charge in [0.05, 0.1) is 6.54 Å². The van der Waals surface area contributed by atoms with Gasteiger partial charge in [0.1, 0.15) is 12.2 Å². The van der Waals surface area contributed by atoms with Gasteiger partial charge in [-0.05, 0) is 44.2 Å². The Balaban J connectivity index is 0.00000392. The molecule has 160 valence electrons. The van der Waals surface area contributed by atoms with Gasteiger partial charge in [0.2, 0.25) is 5.88 Å². The summed E-state index contributed by atoms with van der Waals surface area (Å²) >= 11 is 0. The van der Waals surface area contributed by atoms with Crippen molar-refractivity contribution in [1.82, 2.24) is 15.6 Å². The molecule has 0 unspecified atom stereocenters. The summed E-state index contributed by atoms with van der Waals surface area (Å²) in [5.74, 6) is 0.936. The van der Waals surface area contributed by atoms with Crippen molar-refractivity contribution in [3.8, 4) is 5.88 Å². The zero-order valence-corrected chi connectivity index (χ0v) is 18.3. The fourth-order valence-corrected chi connectivity index (χ4v) is 2.27. The number of hydrogen-bond donors (Lipinski definition) is 2. The van der Waals surface area contributed by atoms with Gasteiger partial charge in [-0.15, -0.1) is 24.0 Å². The van der Waals surface area contributed by atoms with Gasteiger partial charge in [0.15, 0.2) is 5.96 Å². The number of pyridine rings is 1. The minimum atomic E-state index is -4.49. The number of aliphatic imine (C=N–C) groups is 1. The second-order valence-corrected chi connectivity index (χ2v) is 6.26. The van der Waals surface area contributed by atoms with Crippen LogP contribution in [0.1, 0.15) is 31.7 Å². The van der Waals surface area contributed by atoms with E-state index in [1.54, 1.807) is 0 Å². The lowest BCUT2D eigenvalue weighted by molar-refractivity contribution is -0.139. The van der Waals surface area contributed by atoms with Crippen LogP contribution >= 0.6 is 24.0 Å². The van der Waals surface area contributed by atoms with Crippen molar-refractivity contribution in [2.75, 3.05) is 39.5 Å². The molecular formula is C18H28F3IN4O2. The maximum atomic E-state index is 12.9. The molecule has 0 radical (unpaired) electrons. The second-order valence-electron chi connectivity index (χ2n) is 6.26. The van der Waals surface area contributed by atoms with Gasteiger partial charge in [-0.1, -0.05) is 0 Å². The Labute approximate surface area is 180 Å². The normalized spacial score (nSPS) is 14.4. The van der Waals surface area contributed by atoms with Crippen molar-refractivity contribution in [3.63, 3.8) is 0 Å². The van der Waals surface area contributed by atoms with Crippen LogP contribution in [-0.2, 0) is 10.9 Å².